The number of carbonyl (C=O) groups is 1. The van der Waals surface area contributed by atoms with Gasteiger partial charge in [-0.15, -0.1) is 0 Å². The molecule has 0 spiro atoms. The van der Waals surface area contributed by atoms with E-state index in [2.05, 4.69) is 17.6 Å². The summed E-state index contributed by atoms with van der Waals surface area (Å²) in [7, 11) is 0. The normalized spacial score (nSPS) is 30.8. The van der Waals surface area contributed by atoms with Gasteiger partial charge in [0, 0.05) is 12.1 Å². The van der Waals surface area contributed by atoms with Crippen molar-refractivity contribution in [3.05, 3.63) is 0 Å². The number of hydrogen-bond acceptors (Lipinski definition) is 2. The zero-order valence-corrected chi connectivity index (χ0v) is 10.3. The molecule has 2 fully saturated rings. The Balaban J connectivity index is 1.60. The van der Waals surface area contributed by atoms with Gasteiger partial charge >= 0.3 is 0 Å². The molecule has 0 radical (unpaired) electrons. The molecule has 2 unspecified atom stereocenters. The first-order chi connectivity index (χ1) is 7.74. The average molecular weight is 224 g/mol. The Morgan fingerprint density at radius 2 is 1.88 bits per heavy atom. The molecule has 1 amide bonds. The van der Waals surface area contributed by atoms with Crippen LogP contribution >= 0.6 is 0 Å². The molecule has 2 aliphatic rings. The lowest BCUT2D eigenvalue weighted by Gasteiger charge is -2.15. The van der Waals surface area contributed by atoms with Gasteiger partial charge in [0.2, 0.25) is 5.91 Å². The largest absolute Gasteiger partial charge is 0.352 e. The number of carbonyl (C=O) groups excluding carboxylic acids is 1. The zero-order chi connectivity index (χ0) is 11.4. The molecular formula is C13H24N2O. The molecule has 3 heteroatoms. The minimum absolute atomic E-state index is 0.187. The summed E-state index contributed by atoms with van der Waals surface area (Å²) in [5.41, 5.74) is 0. The Kier molecular flexibility index (Phi) is 4.22. The third-order valence-electron chi connectivity index (χ3n) is 3.97. The fourth-order valence-electron chi connectivity index (χ4n) is 2.98. The van der Waals surface area contributed by atoms with Crippen LogP contribution in [0.3, 0.4) is 0 Å². The molecule has 0 heterocycles. The summed E-state index contributed by atoms with van der Waals surface area (Å²) >= 11 is 0. The van der Waals surface area contributed by atoms with E-state index in [1.165, 1.54) is 44.9 Å². The maximum absolute atomic E-state index is 11.7. The van der Waals surface area contributed by atoms with Gasteiger partial charge in [0.05, 0.1) is 6.54 Å². The minimum atomic E-state index is 0.187. The molecular weight excluding hydrogens is 200 g/mol. The number of amides is 1. The van der Waals surface area contributed by atoms with Crippen molar-refractivity contribution in [2.24, 2.45) is 5.92 Å². The maximum Gasteiger partial charge on any atom is 0.234 e. The second-order valence-corrected chi connectivity index (χ2v) is 5.54. The predicted molar refractivity (Wildman–Crippen MR) is 65.2 cm³/mol. The van der Waals surface area contributed by atoms with Crippen LogP contribution in [0.25, 0.3) is 0 Å². The van der Waals surface area contributed by atoms with Crippen molar-refractivity contribution in [3.63, 3.8) is 0 Å². The number of rotatable bonds is 4. The summed E-state index contributed by atoms with van der Waals surface area (Å²) in [4.78, 5) is 11.7. The second-order valence-electron chi connectivity index (χ2n) is 5.54. The van der Waals surface area contributed by atoms with Crippen molar-refractivity contribution >= 4 is 5.91 Å². The Morgan fingerprint density at radius 1 is 1.12 bits per heavy atom. The van der Waals surface area contributed by atoms with Gasteiger partial charge in [-0.2, -0.15) is 0 Å². The van der Waals surface area contributed by atoms with E-state index >= 15 is 0 Å². The number of hydrogen-bond donors (Lipinski definition) is 2. The molecule has 2 rings (SSSR count). The van der Waals surface area contributed by atoms with E-state index in [1.54, 1.807) is 0 Å². The summed E-state index contributed by atoms with van der Waals surface area (Å²) in [6, 6.07) is 1.03. The van der Waals surface area contributed by atoms with Crippen LogP contribution in [0.5, 0.6) is 0 Å². The van der Waals surface area contributed by atoms with Crippen molar-refractivity contribution in [2.45, 2.75) is 64.0 Å². The monoisotopic (exact) mass is 224 g/mol. The highest BCUT2D eigenvalue weighted by atomic mass is 16.1. The molecule has 2 atom stereocenters. The second kappa shape index (κ2) is 5.67. The summed E-state index contributed by atoms with van der Waals surface area (Å²) in [5.74, 6) is 1.02. The molecule has 0 aromatic heterocycles. The van der Waals surface area contributed by atoms with E-state index in [9.17, 15) is 4.79 Å². The molecule has 2 N–H and O–H groups in total. The Hall–Kier alpha value is -0.570. The summed E-state index contributed by atoms with van der Waals surface area (Å²) < 4.78 is 0. The topological polar surface area (TPSA) is 41.1 Å². The predicted octanol–water partition coefficient (Wildman–Crippen LogP) is 1.82. The van der Waals surface area contributed by atoms with Crippen LogP contribution in [0.2, 0.25) is 0 Å². The van der Waals surface area contributed by atoms with Crippen molar-refractivity contribution in [2.75, 3.05) is 6.54 Å². The van der Waals surface area contributed by atoms with Crippen LogP contribution in [0.15, 0.2) is 0 Å². The van der Waals surface area contributed by atoms with Gasteiger partial charge < -0.3 is 10.6 Å². The van der Waals surface area contributed by atoms with Crippen molar-refractivity contribution in [1.29, 1.82) is 0 Å². The first-order valence-electron chi connectivity index (χ1n) is 6.77. The number of nitrogens with one attached hydrogen (secondary N) is 2. The van der Waals surface area contributed by atoms with E-state index in [4.69, 9.17) is 0 Å². The van der Waals surface area contributed by atoms with Crippen LogP contribution in [0.4, 0.5) is 0 Å². The minimum Gasteiger partial charge on any atom is -0.352 e. The highest BCUT2D eigenvalue weighted by Gasteiger charge is 2.22. The average Bonchev–Trinajstić information content (AvgIpc) is 2.87. The first-order valence-corrected chi connectivity index (χ1v) is 6.77. The van der Waals surface area contributed by atoms with Gasteiger partial charge in [-0.3, -0.25) is 4.79 Å². The van der Waals surface area contributed by atoms with Crippen molar-refractivity contribution < 1.29 is 4.79 Å². The van der Waals surface area contributed by atoms with Crippen LogP contribution in [0.1, 0.15) is 51.9 Å². The van der Waals surface area contributed by atoms with Gasteiger partial charge in [-0.25, -0.2) is 0 Å². The molecule has 16 heavy (non-hydrogen) atoms. The molecule has 0 bridgehead atoms. The van der Waals surface area contributed by atoms with Gasteiger partial charge in [0.1, 0.15) is 0 Å². The highest BCUT2D eigenvalue weighted by Crippen LogP contribution is 2.24. The smallest absolute Gasteiger partial charge is 0.234 e. The quantitative estimate of drug-likeness (QED) is 0.765. The van der Waals surface area contributed by atoms with Gasteiger partial charge in [0.25, 0.3) is 0 Å². The Labute approximate surface area is 98.4 Å². The van der Waals surface area contributed by atoms with Crippen molar-refractivity contribution in [3.8, 4) is 0 Å². The van der Waals surface area contributed by atoms with Crippen LogP contribution in [-0.4, -0.2) is 24.5 Å². The van der Waals surface area contributed by atoms with E-state index in [0.717, 1.165) is 5.92 Å². The standard InChI is InChI=1S/C13H24N2O/c1-10-6-7-12(8-10)14-9-13(16)15-11-4-2-3-5-11/h10-12,14H,2-9H2,1H3,(H,15,16). The molecule has 0 aromatic rings. The fraction of sp³-hybridized carbons (Fsp3) is 0.923. The van der Waals surface area contributed by atoms with Gasteiger partial charge in [0.15, 0.2) is 0 Å². The van der Waals surface area contributed by atoms with E-state index in [0.29, 0.717) is 18.6 Å². The third-order valence-corrected chi connectivity index (χ3v) is 3.97. The molecule has 92 valence electrons. The van der Waals surface area contributed by atoms with E-state index in [-0.39, 0.29) is 5.91 Å². The molecule has 2 aliphatic carbocycles. The summed E-state index contributed by atoms with van der Waals surface area (Å²) in [6.45, 7) is 2.80. The maximum atomic E-state index is 11.7. The third kappa shape index (κ3) is 3.48. The Bertz CT molecular complexity index is 236. The lowest BCUT2D eigenvalue weighted by atomic mass is 10.1. The molecule has 2 saturated carbocycles. The molecule has 0 saturated heterocycles. The molecule has 0 aliphatic heterocycles. The van der Waals surface area contributed by atoms with E-state index < -0.39 is 0 Å². The van der Waals surface area contributed by atoms with Crippen LogP contribution in [-0.2, 0) is 4.79 Å². The zero-order valence-electron chi connectivity index (χ0n) is 10.3. The van der Waals surface area contributed by atoms with Crippen LogP contribution in [0, 0.1) is 5.92 Å². The summed E-state index contributed by atoms with van der Waals surface area (Å²) in [5, 5.41) is 6.49. The molecule has 3 nitrogen and oxygen atoms in total. The fourth-order valence-corrected chi connectivity index (χ4v) is 2.98. The highest BCUT2D eigenvalue weighted by molar-refractivity contribution is 5.78. The van der Waals surface area contributed by atoms with E-state index in [1.807, 2.05) is 0 Å². The molecule has 0 aromatic carbocycles. The SMILES string of the molecule is CC1CCC(NCC(=O)NC2CCCC2)C1. The van der Waals surface area contributed by atoms with Crippen LogP contribution < -0.4 is 10.6 Å². The Morgan fingerprint density at radius 3 is 2.50 bits per heavy atom. The first kappa shape index (κ1) is 11.9. The lowest BCUT2D eigenvalue weighted by molar-refractivity contribution is -0.121. The summed E-state index contributed by atoms with van der Waals surface area (Å²) in [6.07, 6.45) is 8.67. The lowest BCUT2D eigenvalue weighted by Crippen LogP contribution is -2.41. The van der Waals surface area contributed by atoms with Gasteiger partial charge in [-0.05, 0) is 38.0 Å². The van der Waals surface area contributed by atoms with Crippen molar-refractivity contribution in [1.82, 2.24) is 10.6 Å². The van der Waals surface area contributed by atoms with Gasteiger partial charge in [-0.1, -0.05) is 19.8 Å².